The lowest BCUT2D eigenvalue weighted by molar-refractivity contribution is 0.0295. The summed E-state index contributed by atoms with van der Waals surface area (Å²) < 4.78 is 11.2. The second kappa shape index (κ2) is 9.22. The molecule has 2 aliphatic rings. The van der Waals surface area contributed by atoms with E-state index in [1.165, 1.54) is 13.1 Å². The molecule has 2 fully saturated rings. The lowest BCUT2D eigenvalue weighted by atomic mass is 10.3. The number of nitrogen functional groups attached to an aromatic ring is 1. The average Bonchev–Trinajstić information content (AvgIpc) is 2.64. The zero-order valence-corrected chi connectivity index (χ0v) is 14.5. The molecule has 2 N–H and O–H groups in total. The van der Waals surface area contributed by atoms with Crippen molar-refractivity contribution < 1.29 is 9.47 Å². The Kier molecular flexibility index (Phi) is 6.72. The highest BCUT2D eigenvalue weighted by molar-refractivity contribution is 5.41. The zero-order valence-electron chi connectivity index (χ0n) is 14.5. The lowest BCUT2D eigenvalue weighted by Crippen LogP contribution is -2.50. The monoisotopic (exact) mass is 334 g/mol. The molecule has 2 heterocycles. The smallest absolute Gasteiger partial charge is 0.119 e. The highest BCUT2D eigenvalue weighted by atomic mass is 16.5. The topological polar surface area (TPSA) is 54.2 Å². The molecule has 0 unspecified atom stereocenters. The summed E-state index contributed by atoms with van der Waals surface area (Å²) in [4.78, 5) is 7.58. The van der Waals surface area contributed by atoms with Crippen LogP contribution in [0.25, 0.3) is 0 Å². The Labute approximate surface area is 145 Å². The van der Waals surface area contributed by atoms with Crippen molar-refractivity contribution in [1.82, 2.24) is 14.7 Å². The van der Waals surface area contributed by atoms with Gasteiger partial charge in [0.15, 0.2) is 0 Å². The van der Waals surface area contributed by atoms with Crippen LogP contribution < -0.4 is 10.5 Å². The number of anilines is 1. The van der Waals surface area contributed by atoms with E-state index in [-0.39, 0.29) is 0 Å². The standard InChI is InChI=1S/C18H30N4O2/c19-17-1-3-18(4-2-17)24-16-13-21-8-5-20(6-9-21)7-10-22-11-14-23-15-12-22/h1-4H,5-16,19H2. The third-order valence-corrected chi connectivity index (χ3v) is 4.86. The van der Waals surface area contributed by atoms with Crippen LogP contribution in [-0.4, -0.2) is 93.4 Å². The van der Waals surface area contributed by atoms with Crippen molar-refractivity contribution in [3.05, 3.63) is 24.3 Å². The molecule has 0 saturated carbocycles. The van der Waals surface area contributed by atoms with E-state index in [1.54, 1.807) is 0 Å². The van der Waals surface area contributed by atoms with Crippen molar-refractivity contribution in [3.63, 3.8) is 0 Å². The van der Waals surface area contributed by atoms with Crippen LogP contribution in [-0.2, 0) is 4.74 Å². The molecule has 1 aromatic carbocycles. The van der Waals surface area contributed by atoms with Gasteiger partial charge in [-0.3, -0.25) is 14.7 Å². The molecule has 0 spiro atoms. The van der Waals surface area contributed by atoms with Gasteiger partial charge in [0, 0.05) is 64.6 Å². The molecule has 6 nitrogen and oxygen atoms in total. The summed E-state index contributed by atoms with van der Waals surface area (Å²) in [7, 11) is 0. The van der Waals surface area contributed by atoms with E-state index >= 15 is 0 Å². The van der Waals surface area contributed by atoms with E-state index in [9.17, 15) is 0 Å². The Bertz CT molecular complexity index is 468. The molecule has 0 atom stereocenters. The van der Waals surface area contributed by atoms with Gasteiger partial charge in [0.25, 0.3) is 0 Å². The van der Waals surface area contributed by atoms with Crippen molar-refractivity contribution in [1.29, 1.82) is 0 Å². The van der Waals surface area contributed by atoms with Crippen molar-refractivity contribution in [2.24, 2.45) is 0 Å². The maximum absolute atomic E-state index is 5.79. The minimum atomic E-state index is 0.734. The molecule has 0 aliphatic carbocycles. The molecule has 0 bridgehead atoms. The van der Waals surface area contributed by atoms with E-state index in [0.29, 0.717) is 0 Å². The van der Waals surface area contributed by atoms with Gasteiger partial charge >= 0.3 is 0 Å². The van der Waals surface area contributed by atoms with E-state index < -0.39 is 0 Å². The molecule has 0 radical (unpaired) electrons. The third-order valence-electron chi connectivity index (χ3n) is 4.86. The molecule has 0 aromatic heterocycles. The molecule has 134 valence electrons. The van der Waals surface area contributed by atoms with Gasteiger partial charge in [-0.2, -0.15) is 0 Å². The highest BCUT2D eigenvalue weighted by Crippen LogP contribution is 2.13. The van der Waals surface area contributed by atoms with Crippen LogP contribution >= 0.6 is 0 Å². The Balaban J connectivity index is 1.27. The molecule has 2 saturated heterocycles. The first-order valence-corrected chi connectivity index (χ1v) is 9.03. The van der Waals surface area contributed by atoms with Crippen molar-refractivity contribution in [3.8, 4) is 5.75 Å². The number of hydrogen-bond acceptors (Lipinski definition) is 6. The molecule has 2 aliphatic heterocycles. The molecular weight excluding hydrogens is 304 g/mol. The highest BCUT2D eigenvalue weighted by Gasteiger charge is 2.18. The Morgan fingerprint density at radius 2 is 1.33 bits per heavy atom. The summed E-state index contributed by atoms with van der Waals surface area (Å²) in [5.41, 5.74) is 6.45. The first-order chi connectivity index (χ1) is 11.8. The Hall–Kier alpha value is -1.34. The maximum atomic E-state index is 5.79. The predicted molar refractivity (Wildman–Crippen MR) is 96.5 cm³/mol. The Morgan fingerprint density at radius 3 is 1.96 bits per heavy atom. The fraction of sp³-hybridized carbons (Fsp3) is 0.667. The van der Waals surface area contributed by atoms with Crippen LogP contribution in [0.15, 0.2) is 24.3 Å². The number of ether oxygens (including phenoxy) is 2. The number of nitrogens with two attached hydrogens (primary N) is 1. The number of hydrogen-bond donors (Lipinski definition) is 1. The summed E-state index contributed by atoms with van der Waals surface area (Å²) in [5, 5.41) is 0. The zero-order chi connectivity index (χ0) is 16.6. The molecule has 3 rings (SSSR count). The van der Waals surface area contributed by atoms with Gasteiger partial charge in [0.2, 0.25) is 0 Å². The van der Waals surface area contributed by atoms with Gasteiger partial charge in [-0.05, 0) is 24.3 Å². The summed E-state index contributed by atoms with van der Waals surface area (Å²) in [6, 6.07) is 7.61. The maximum Gasteiger partial charge on any atom is 0.119 e. The predicted octanol–water partition coefficient (Wildman–Crippen LogP) is 0.597. The van der Waals surface area contributed by atoms with E-state index in [1.807, 2.05) is 24.3 Å². The van der Waals surface area contributed by atoms with Crippen molar-refractivity contribution >= 4 is 5.69 Å². The Morgan fingerprint density at radius 1 is 0.792 bits per heavy atom. The van der Waals surface area contributed by atoms with E-state index in [2.05, 4.69) is 14.7 Å². The van der Waals surface area contributed by atoms with Gasteiger partial charge < -0.3 is 15.2 Å². The van der Waals surface area contributed by atoms with Crippen LogP contribution in [0.4, 0.5) is 5.69 Å². The number of piperazine rings is 1. The molecule has 0 amide bonds. The SMILES string of the molecule is Nc1ccc(OCCN2CCN(CCN3CCOCC3)CC2)cc1. The molecule has 1 aromatic rings. The van der Waals surface area contributed by atoms with E-state index in [0.717, 1.165) is 77.1 Å². The lowest BCUT2D eigenvalue weighted by Gasteiger charge is -2.36. The summed E-state index contributed by atoms with van der Waals surface area (Å²) in [5.74, 6) is 0.897. The number of benzene rings is 1. The van der Waals surface area contributed by atoms with Crippen LogP contribution in [0.2, 0.25) is 0 Å². The first-order valence-electron chi connectivity index (χ1n) is 9.03. The summed E-state index contributed by atoms with van der Waals surface area (Å²) >= 11 is 0. The second-order valence-corrected chi connectivity index (χ2v) is 6.55. The van der Waals surface area contributed by atoms with Gasteiger partial charge in [-0.1, -0.05) is 0 Å². The van der Waals surface area contributed by atoms with Crippen molar-refractivity contribution in [2.45, 2.75) is 0 Å². The van der Waals surface area contributed by atoms with Gasteiger partial charge in [-0.25, -0.2) is 0 Å². The number of morpholine rings is 1. The second-order valence-electron chi connectivity index (χ2n) is 6.55. The largest absolute Gasteiger partial charge is 0.492 e. The molecular formula is C18H30N4O2. The normalized spacial score (nSPS) is 21.0. The summed E-state index contributed by atoms with van der Waals surface area (Å²) in [6.07, 6.45) is 0. The fourth-order valence-electron chi connectivity index (χ4n) is 3.20. The minimum Gasteiger partial charge on any atom is -0.492 e. The van der Waals surface area contributed by atoms with Gasteiger partial charge in [0.05, 0.1) is 13.2 Å². The van der Waals surface area contributed by atoms with E-state index in [4.69, 9.17) is 15.2 Å². The minimum absolute atomic E-state index is 0.734. The van der Waals surface area contributed by atoms with Crippen LogP contribution in [0.5, 0.6) is 5.75 Å². The average molecular weight is 334 g/mol. The number of rotatable bonds is 7. The summed E-state index contributed by atoms with van der Waals surface area (Å²) in [6.45, 7) is 12.6. The van der Waals surface area contributed by atoms with Crippen LogP contribution in [0.1, 0.15) is 0 Å². The fourth-order valence-corrected chi connectivity index (χ4v) is 3.20. The molecule has 24 heavy (non-hydrogen) atoms. The van der Waals surface area contributed by atoms with Crippen LogP contribution in [0.3, 0.4) is 0 Å². The van der Waals surface area contributed by atoms with Crippen molar-refractivity contribution in [2.75, 3.05) is 84.5 Å². The third kappa shape index (κ3) is 5.63. The molecule has 6 heteroatoms. The number of nitrogens with zero attached hydrogens (tertiary/aromatic N) is 3. The van der Waals surface area contributed by atoms with Gasteiger partial charge in [-0.15, -0.1) is 0 Å². The first kappa shape index (κ1) is 17.5. The quantitative estimate of drug-likeness (QED) is 0.737. The van der Waals surface area contributed by atoms with Gasteiger partial charge in [0.1, 0.15) is 12.4 Å². The van der Waals surface area contributed by atoms with Crippen LogP contribution in [0, 0.1) is 0 Å².